The maximum Gasteiger partial charge on any atom is 0.305 e. The van der Waals surface area contributed by atoms with Crippen LogP contribution in [0.15, 0.2) is 18.2 Å². The van der Waals surface area contributed by atoms with Gasteiger partial charge in [-0.15, -0.1) is 0 Å². The van der Waals surface area contributed by atoms with Crippen molar-refractivity contribution < 1.29 is 14.8 Å². The molecule has 6 nitrogen and oxygen atoms in total. The summed E-state index contributed by atoms with van der Waals surface area (Å²) in [5.41, 5.74) is 0.454. The number of carbonyl (C=O) groups is 1. The molecule has 0 aromatic heterocycles. The van der Waals surface area contributed by atoms with E-state index in [-0.39, 0.29) is 12.1 Å². The molecule has 0 radical (unpaired) electrons. The second-order valence-electron chi connectivity index (χ2n) is 5.41. The third-order valence-electron chi connectivity index (χ3n) is 3.87. The van der Waals surface area contributed by atoms with Crippen LogP contribution in [-0.4, -0.2) is 21.5 Å². The number of para-hydroxylation sites is 1. The predicted molar refractivity (Wildman–Crippen MR) is 74.9 cm³/mol. The van der Waals surface area contributed by atoms with E-state index in [0.717, 1.165) is 25.7 Å². The van der Waals surface area contributed by atoms with Gasteiger partial charge in [-0.3, -0.25) is 14.9 Å². The number of carboxylic acid groups (broad SMARTS) is 1. The standard InChI is InChI=1S/C14H18N2O4/c1-10-5-4-6-11(13(10)16(19)20)15-14(9-12(17)18)7-2-3-8-14/h4-6,15H,2-3,7-9H2,1H3,(H,17,18). The van der Waals surface area contributed by atoms with E-state index in [1.807, 2.05) is 0 Å². The third kappa shape index (κ3) is 2.89. The Balaban J connectivity index is 2.34. The van der Waals surface area contributed by atoms with Crippen LogP contribution in [0, 0.1) is 17.0 Å². The first kappa shape index (κ1) is 14.3. The summed E-state index contributed by atoms with van der Waals surface area (Å²) in [7, 11) is 0. The van der Waals surface area contributed by atoms with E-state index in [2.05, 4.69) is 5.32 Å². The van der Waals surface area contributed by atoms with Gasteiger partial charge in [0.05, 0.1) is 11.3 Å². The highest BCUT2D eigenvalue weighted by molar-refractivity contribution is 5.72. The number of carboxylic acids is 1. The maximum atomic E-state index is 11.2. The molecule has 0 unspecified atom stereocenters. The van der Waals surface area contributed by atoms with E-state index in [1.54, 1.807) is 25.1 Å². The lowest BCUT2D eigenvalue weighted by Crippen LogP contribution is -2.37. The van der Waals surface area contributed by atoms with Crippen LogP contribution in [0.25, 0.3) is 0 Å². The molecule has 0 saturated heterocycles. The molecule has 2 rings (SSSR count). The highest BCUT2D eigenvalue weighted by atomic mass is 16.6. The molecule has 1 aliphatic carbocycles. The number of anilines is 1. The number of hydrogen-bond donors (Lipinski definition) is 2. The zero-order chi connectivity index (χ0) is 14.8. The molecule has 1 aliphatic rings. The van der Waals surface area contributed by atoms with Gasteiger partial charge < -0.3 is 10.4 Å². The van der Waals surface area contributed by atoms with E-state index in [0.29, 0.717) is 11.3 Å². The minimum Gasteiger partial charge on any atom is -0.481 e. The lowest BCUT2D eigenvalue weighted by atomic mass is 9.92. The number of nitrogens with zero attached hydrogens (tertiary/aromatic N) is 1. The van der Waals surface area contributed by atoms with Crippen LogP contribution in [0.1, 0.15) is 37.7 Å². The van der Waals surface area contributed by atoms with Crippen LogP contribution in [0.2, 0.25) is 0 Å². The Kier molecular flexibility index (Phi) is 3.92. The fourth-order valence-electron chi connectivity index (χ4n) is 2.98. The van der Waals surface area contributed by atoms with Crippen LogP contribution in [0.5, 0.6) is 0 Å². The SMILES string of the molecule is Cc1cccc(NC2(CC(=O)O)CCCC2)c1[N+](=O)[O-]. The van der Waals surface area contributed by atoms with E-state index in [1.165, 1.54) is 0 Å². The first-order valence-electron chi connectivity index (χ1n) is 6.67. The van der Waals surface area contributed by atoms with Gasteiger partial charge in [0.15, 0.2) is 0 Å². The fourth-order valence-corrected chi connectivity index (χ4v) is 2.98. The average Bonchev–Trinajstić information content (AvgIpc) is 2.75. The van der Waals surface area contributed by atoms with Crippen molar-refractivity contribution in [3.8, 4) is 0 Å². The van der Waals surface area contributed by atoms with Gasteiger partial charge in [-0.2, -0.15) is 0 Å². The van der Waals surface area contributed by atoms with Crippen molar-refractivity contribution in [3.05, 3.63) is 33.9 Å². The van der Waals surface area contributed by atoms with Crippen molar-refractivity contribution in [3.63, 3.8) is 0 Å². The van der Waals surface area contributed by atoms with Crippen LogP contribution >= 0.6 is 0 Å². The number of aliphatic carboxylic acids is 1. The molecule has 1 aromatic rings. The van der Waals surface area contributed by atoms with Gasteiger partial charge in [0.2, 0.25) is 0 Å². The van der Waals surface area contributed by atoms with Crippen molar-refractivity contribution in [1.82, 2.24) is 0 Å². The first-order chi connectivity index (χ1) is 9.43. The molecule has 108 valence electrons. The zero-order valence-electron chi connectivity index (χ0n) is 11.4. The quantitative estimate of drug-likeness (QED) is 0.637. The van der Waals surface area contributed by atoms with Crippen LogP contribution in [-0.2, 0) is 4.79 Å². The summed E-state index contributed by atoms with van der Waals surface area (Å²) in [6, 6.07) is 5.07. The molecule has 0 amide bonds. The number of nitro groups is 1. The van der Waals surface area contributed by atoms with Crippen molar-refractivity contribution in [1.29, 1.82) is 0 Å². The smallest absolute Gasteiger partial charge is 0.305 e. The van der Waals surface area contributed by atoms with E-state index < -0.39 is 16.4 Å². The number of hydrogen-bond acceptors (Lipinski definition) is 4. The maximum absolute atomic E-state index is 11.2. The lowest BCUT2D eigenvalue weighted by molar-refractivity contribution is -0.384. The number of rotatable bonds is 5. The fraction of sp³-hybridized carbons (Fsp3) is 0.500. The van der Waals surface area contributed by atoms with E-state index in [9.17, 15) is 14.9 Å². The summed E-state index contributed by atoms with van der Waals surface area (Å²) in [4.78, 5) is 21.8. The molecule has 0 heterocycles. The molecule has 0 bridgehead atoms. The third-order valence-corrected chi connectivity index (χ3v) is 3.87. The average molecular weight is 278 g/mol. The molecular weight excluding hydrogens is 260 g/mol. The zero-order valence-corrected chi connectivity index (χ0v) is 11.4. The molecule has 0 aliphatic heterocycles. The molecule has 1 saturated carbocycles. The molecule has 1 aromatic carbocycles. The minimum atomic E-state index is -0.880. The highest BCUT2D eigenvalue weighted by Gasteiger charge is 2.37. The van der Waals surface area contributed by atoms with Gasteiger partial charge in [-0.1, -0.05) is 25.0 Å². The van der Waals surface area contributed by atoms with Gasteiger partial charge in [0.25, 0.3) is 5.69 Å². The Bertz CT molecular complexity index is 536. The number of aryl methyl sites for hydroxylation is 1. The molecular formula is C14H18N2O4. The van der Waals surface area contributed by atoms with Gasteiger partial charge in [0, 0.05) is 11.1 Å². The largest absolute Gasteiger partial charge is 0.481 e. The predicted octanol–water partition coefficient (Wildman–Crippen LogP) is 3.10. The lowest BCUT2D eigenvalue weighted by Gasteiger charge is -2.29. The van der Waals surface area contributed by atoms with Crippen molar-refractivity contribution in [2.24, 2.45) is 0 Å². The number of nitro benzene ring substituents is 1. The summed E-state index contributed by atoms with van der Waals surface area (Å²) in [5, 5.41) is 23.4. The van der Waals surface area contributed by atoms with Crippen molar-refractivity contribution in [2.75, 3.05) is 5.32 Å². The van der Waals surface area contributed by atoms with E-state index >= 15 is 0 Å². The van der Waals surface area contributed by atoms with Crippen LogP contribution < -0.4 is 5.32 Å². The summed E-state index contributed by atoms with van der Waals surface area (Å²) in [6.45, 7) is 1.68. The molecule has 6 heteroatoms. The molecule has 2 N–H and O–H groups in total. The number of benzene rings is 1. The van der Waals surface area contributed by atoms with Crippen LogP contribution in [0.4, 0.5) is 11.4 Å². The highest BCUT2D eigenvalue weighted by Crippen LogP contribution is 2.39. The van der Waals surface area contributed by atoms with Crippen molar-refractivity contribution in [2.45, 2.75) is 44.6 Å². The Hall–Kier alpha value is -2.11. The summed E-state index contributed by atoms with van der Waals surface area (Å²) < 4.78 is 0. The Morgan fingerprint density at radius 3 is 2.65 bits per heavy atom. The van der Waals surface area contributed by atoms with Crippen molar-refractivity contribution >= 4 is 17.3 Å². The molecule has 1 fully saturated rings. The molecule has 0 atom stereocenters. The first-order valence-corrected chi connectivity index (χ1v) is 6.67. The second-order valence-corrected chi connectivity index (χ2v) is 5.41. The summed E-state index contributed by atoms with van der Waals surface area (Å²) in [5.74, 6) is -0.880. The minimum absolute atomic E-state index is 0.0158. The van der Waals surface area contributed by atoms with Gasteiger partial charge in [0.1, 0.15) is 5.69 Å². The van der Waals surface area contributed by atoms with Gasteiger partial charge in [-0.25, -0.2) is 0 Å². The topological polar surface area (TPSA) is 92.5 Å². The molecule has 0 spiro atoms. The second kappa shape index (κ2) is 5.48. The normalized spacial score (nSPS) is 16.9. The molecule has 20 heavy (non-hydrogen) atoms. The summed E-state index contributed by atoms with van der Waals surface area (Å²) in [6.07, 6.45) is 3.33. The van der Waals surface area contributed by atoms with Gasteiger partial charge >= 0.3 is 5.97 Å². The Labute approximate surface area is 117 Å². The van der Waals surface area contributed by atoms with Crippen LogP contribution in [0.3, 0.4) is 0 Å². The summed E-state index contributed by atoms with van der Waals surface area (Å²) >= 11 is 0. The monoisotopic (exact) mass is 278 g/mol. The number of nitrogens with one attached hydrogen (secondary N) is 1. The Morgan fingerprint density at radius 2 is 2.10 bits per heavy atom. The Morgan fingerprint density at radius 1 is 1.45 bits per heavy atom. The van der Waals surface area contributed by atoms with Gasteiger partial charge in [-0.05, 0) is 25.8 Å². The van der Waals surface area contributed by atoms with E-state index in [4.69, 9.17) is 5.11 Å².